The number of pyridine rings is 1. The van der Waals surface area contributed by atoms with Crippen molar-refractivity contribution in [2.24, 2.45) is 0 Å². The monoisotopic (exact) mass is 342 g/mol. The summed E-state index contributed by atoms with van der Waals surface area (Å²) in [4.78, 5) is 18.6. The van der Waals surface area contributed by atoms with Gasteiger partial charge in [0.15, 0.2) is 5.82 Å². The molecular weight excluding hydrogens is 324 g/mol. The van der Waals surface area contributed by atoms with Gasteiger partial charge < -0.3 is 20.2 Å². The molecule has 0 radical (unpaired) electrons. The molecule has 0 bridgehead atoms. The molecule has 130 valence electrons. The molecule has 0 aliphatic carbocycles. The molecule has 3 heterocycles. The van der Waals surface area contributed by atoms with E-state index in [1.807, 2.05) is 26.0 Å². The number of nitrogens with one attached hydrogen (secondary N) is 1. The number of nitro groups is 1. The Balaban J connectivity index is 1.73. The number of rotatable bonds is 7. The molecule has 0 fully saturated rings. The molecule has 3 rings (SSSR count). The summed E-state index contributed by atoms with van der Waals surface area (Å²) in [5.74, 6) is 0.906. The lowest BCUT2D eigenvalue weighted by atomic mass is 10.2. The van der Waals surface area contributed by atoms with E-state index in [-0.39, 0.29) is 11.9 Å². The molecule has 0 unspecified atom stereocenters. The highest BCUT2D eigenvalue weighted by Crippen LogP contribution is 2.16. The number of ether oxygens (including phenoxy) is 1. The number of anilines is 1. The zero-order valence-electron chi connectivity index (χ0n) is 13.9. The highest BCUT2D eigenvalue weighted by atomic mass is 16.6. The van der Waals surface area contributed by atoms with Crippen LogP contribution in [0, 0.1) is 10.1 Å². The van der Waals surface area contributed by atoms with Crippen LogP contribution in [0.3, 0.4) is 0 Å². The molecule has 0 aliphatic rings. The normalized spacial score (nSPS) is 12.1. The second-order valence-electron chi connectivity index (χ2n) is 5.55. The Hall–Kier alpha value is -3.23. The van der Waals surface area contributed by atoms with Crippen molar-refractivity contribution < 1.29 is 9.66 Å². The van der Waals surface area contributed by atoms with Gasteiger partial charge in [0.25, 0.3) is 0 Å². The Kier molecular flexibility index (Phi) is 4.73. The number of imidazole rings is 1. The minimum Gasteiger partial charge on any atom is -0.475 e. The number of hydrogen-bond acceptors (Lipinski definition) is 7. The lowest BCUT2D eigenvalue weighted by Gasteiger charge is -2.12. The van der Waals surface area contributed by atoms with Crippen molar-refractivity contribution in [3.05, 3.63) is 52.3 Å². The standard InChI is InChI=1S/C16H18N6O3/c1-3-11(2)25-15-8-12(6-7-17-15)9-18-13-4-5-14-19-10-16(22(23)24)21(14)20-13/h4-8,10-11H,3,9H2,1-2H3,(H,18,20)/t11-/m1/s1. The van der Waals surface area contributed by atoms with Crippen LogP contribution in [0.25, 0.3) is 5.65 Å². The topological polar surface area (TPSA) is 107 Å². The van der Waals surface area contributed by atoms with E-state index in [0.717, 1.165) is 12.0 Å². The molecule has 0 saturated heterocycles. The fourth-order valence-electron chi connectivity index (χ4n) is 2.19. The van der Waals surface area contributed by atoms with Gasteiger partial charge in [0.05, 0.1) is 6.10 Å². The molecule has 1 N–H and O–H groups in total. The highest BCUT2D eigenvalue weighted by molar-refractivity contribution is 5.48. The van der Waals surface area contributed by atoms with Gasteiger partial charge in [0.2, 0.25) is 11.5 Å². The highest BCUT2D eigenvalue weighted by Gasteiger charge is 2.15. The largest absolute Gasteiger partial charge is 0.475 e. The van der Waals surface area contributed by atoms with Gasteiger partial charge in [-0.25, -0.2) is 9.97 Å². The quantitative estimate of drug-likeness (QED) is 0.519. The second kappa shape index (κ2) is 7.12. The minimum absolute atomic E-state index is 0.0987. The van der Waals surface area contributed by atoms with Crippen LogP contribution < -0.4 is 10.1 Å². The van der Waals surface area contributed by atoms with Gasteiger partial charge in [-0.2, -0.15) is 0 Å². The first kappa shape index (κ1) is 16.6. The van der Waals surface area contributed by atoms with Gasteiger partial charge in [-0.05, 0) is 36.0 Å². The van der Waals surface area contributed by atoms with E-state index < -0.39 is 4.92 Å². The predicted molar refractivity (Wildman–Crippen MR) is 91.6 cm³/mol. The van der Waals surface area contributed by atoms with Crippen molar-refractivity contribution in [1.29, 1.82) is 0 Å². The SMILES string of the molecule is CC[C@@H](C)Oc1cc(CNc2ccc3ncc([N+](=O)[O-])n3n2)ccn1. The van der Waals surface area contributed by atoms with Crippen LogP contribution in [0.4, 0.5) is 11.6 Å². The van der Waals surface area contributed by atoms with Gasteiger partial charge in [-0.3, -0.25) is 0 Å². The summed E-state index contributed by atoms with van der Waals surface area (Å²) in [7, 11) is 0. The third kappa shape index (κ3) is 3.82. The van der Waals surface area contributed by atoms with E-state index in [4.69, 9.17) is 4.74 Å². The van der Waals surface area contributed by atoms with Gasteiger partial charge in [0, 0.05) is 24.9 Å². The summed E-state index contributed by atoms with van der Waals surface area (Å²) in [6.07, 6.45) is 3.87. The van der Waals surface area contributed by atoms with E-state index in [9.17, 15) is 10.1 Å². The van der Waals surface area contributed by atoms with Crippen molar-refractivity contribution in [3.8, 4) is 5.88 Å². The summed E-state index contributed by atoms with van der Waals surface area (Å²) >= 11 is 0. The lowest BCUT2D eigenvalue weighted by Crippen LogP contribution is -2.11. The average Bonchev–Trinajstić information content (AvgIpc) is 3.03. The molecule has 3 aromatic heterocycles. The van der Waals surface area contributed by atoms with Crippen molar-refractivity contribution in [2.75, 3.05) is 5.32 Å². The van der Waals surface area contributed by atoms with Crippen LogP contribution in [-0.4, -0.2) is 30.6 Å². The fourth-order valence-corrected chi connectivity index (χ4v) is 2.19. The second-order valence-corrected chi connectivity index (χ2v) is 5.55. The Labute approximate surface area is 143 Å². The lowest BCUT2D eigenvalue weighted by molar-refractivity contribution is -0.391. The summed E-state index contributed by atoms with van der Waals surface area (Å²) in [5.41, 5.74) is 1.39. The first-order valence-electron chi connectivity index (χ1n) is 7.91. The van der Waals surface area contributed by atoms with Crippen LogP contribution in [-0.2, 0) is 6.54 Å². The van der Waals surface area contributed by atoms with Gasteiger partial charge in [-0.1, -0.05) is 16.5 Å². The molecule has 9 nitrogen and oxygen atoms in total. The van der Waals surface area contributed by atoms with Crippen molar-refractivity contribution in [3.63, 3.8) is 0 Å². The molecule has 0 aliphatic heterocycles. The molecule has 3 aromatic rings. The number of nitrogens with zero attached hydrogens (tertiary/aromatic N) is 5. The third-order valence-corrected chi connectivity index (χ3v) is 3.70. The van der Waals surface area contributed by atoms with Gasteiger partial charge in [-0.15, -0.1) is 0 Å². The Morgan fingerprint density at radius 2 is 2.20 bits per heavy atom. The van der Waals surface area contributed by atoms with E-state index in [0.29, 0.717) is 23.9 Å². The molecule has 0 amide bonds. The third-order valence-electron chi connectivity index (χ3n) is 3.70. The molecule has 25 heavy (non-hydrogen) atoms. The molecule has 1 atom stereocenters. The van der Waals surface area contributed by atoms with E-state index in [1.54, 1.807) is 18.3 Å². The molecule has 0 aromatic carbocycles. The Bertz CT molecular complexity index is 894. The predicted octanol–water partition coefficient (Wildman–Crippen LogP) is 2.82. The molecule has 0 saturated carbocycles. The van der Waals surface area contributed by atoms with Crippen LogP contribution in [0.1, 0.15) is 25.8 Å². The zero-order chi connectivity index (χ0) is 17.8. The van der Waals surface area contributed by atoms with E-state index in [2.05, 4.69) is 20.4 Å². The number of hydrogen-bond donors (Lipinski definition) is 1. The fraction of sp³-hybridized carbons (Fsp3) is 0.312. The van der Waals surface area contributed by atoms with Gasteiger partial charge >= 0.3 is 5.82 Å². The minimum atomic E-state index is -0.516. The smallest absolute Gasteiger partial charge is 0.368 e. The average molecular weight is 342 g/mol. The van der Waals surface area contributed by atoms with Crippen molar-refractivity contribution >= 4 is 17.3 Å². The first-order chi connectivity index (χ1) is 12.1. The maximum Gasteiger partial charge on any atom is 0.368 e. The number of aromatic nitrogens is 4. The van der Waals surface area contributed by atoms with E-state index >= 15 is 0 Å². The Morgan fingerprint density at radius 1 is 1.36 bits per heavy atom. The van der Waals surface area contributed by atoms with Gasteiger partial charge in [0.1, 0.15) is 6.20 Å². The number of fused-ring (bicyclic) bond motifs is 1. The van der Waals surface area contributed by atoms with Crippen LogP contribution in [0.5, 0.6) is 5.88 Å². The van der Waals surface area contributed by atoms with Crippen molar-refractivity contribution in [1.82, 2.24) is 19.6 Å². The van der Waals surface area contributed by atoms with Crippen LogP contribution in [0.2, 0.25) is 0 Å². The van der Waals surface area contributed by atoms with Crippen molar-refractivity contribution in [2.45, 2.75) is 32.9 Å². The van der Waals surface area contributed by atoms with Crippen LogP contribution in [0.15, 0.2) is 36.7 Å². The summed E-state index contributed by atoms with van der Waals surface area (Å²) in [6.45, 7) is 4.53. The molecular formula is C16H18N6O3. The summed E-state index contributed by atoms with van der Waals surface area (Å²) in [5, 5.41) is 18.3. The maximum atomic E-state index is 11.0. The zero-order valence-corrected chi connectivity index (χ0v) is 13.9. The Morgan fingerprint density at radius 3 is 2.96 bits per heavy atom. The van der Waals surface area contributed by atoms with E-state index in [1.165, 1.54) is 10.7 Å². The molecule has 9 heteroatoms. The summed E-state index contributed by atoms with van der Waals surface area (Å²) in [6, 6.07) is 7.13. The maximum absolute atomic E-state index is 11.0. The molecule has 0 spiro atoms. The first-order valence-corrected chi connectivity index (χ1v) is 7.91. The van der Waals surface area contributed by atoms with Crippen LogP contribution >= 0.6 is 0 Å². The summed E-state index contributed by atoms with van der Waals surface area (Å²) < 4.78 is 6.90.